The van der Waals surface area contributed by atoms with E-state index in [0.29, 0.717) is 0 Å². The number of aryl methyl sites for hydroxylation is 1. The molecule has 0 spiro atoms. The van der Waals surface area contributed by atoms with Gasteiger partial charge in [0.1, 0.15) is 0 Å². The Bertz CT molecular complexity index is 535. The van der Waals surface area contributed by atoms with Gasteiger partial charge in [0.05, 0.1) is 9.83 Å². The molecule has 2 rings (SSSR count). The Hall–Kier alpha value is -0.230. The quantitative estimate of drug-likeness (QED) is 0.753. The van der Waals surface area contributed by atoms with Crippen LogP contribution in [0.2, 0.25) is 0 Å². The number of nitrogens with zero attached hydrogens (tertiary/aromatic N) is 1. The van der Waals surface area contributed by atoms with E-state index in [-0.39, 0.29) is 6.04 Å². The number of thiophene rings is 1. The van der Waals surface area contributed by atoms with Gasteiger partial charge in [0.25, 0.3) is 0 Å². The first-order valence-corrected chi connectivity index (χ1v) is 8.61. The van der Waals surface area contributed by atoms with Crippen LogP contribution < -0.4 is 5.32 Å². The van der Waals surface area contributed by atoms with Crippen LogP contribution in [0, 0.1) is 6.92 Å². The summed E-state index contributed by atoms with van der Waals surface area (Å²) in [4.78, 5) is 5.60. The van der Waals surface area contributed by atoms with Gasteiger partial charge in [-0.05, 0) is 68.9 Å². The van der Waals surface area contributed by atoms with Crippen molar-refractivity contribution >= 4 is 43.2 Å². The van der Waals surface area contributed by atoms with Crippen molar-refractivity contribution in [2.45, 2.75) is 26.3 Å². The number of hydrogen-bond donors (Lipinski definition) is 1. The minimum atomic E-state index is 0.208. The molecule has 0 aliphatic rings. The Morgan fingerprint density at radius 3 is 2.68 bits per heavy atom. The van der Waals surface area contributed by atoms with E-state index >= 15 is 0 Å². The van der Waals surface area contributed by atoms with Crippen molar-refractivity contribution in [2.24, 2.45) is 0 Å². The third kappa shape index (κ3) is 3.88. The monoisotopic (exact) mass is 402 g/mol. The second-order valence-corrected chi connectivity index (χ2v) is 7.71. The van der Waals surface area contributed by atoms with Gasteiger partial charge in [-0.1, -0.05) is 13.0 Å². The van der Waals surface area contributed by atoms with Gasteiger partial charge in [0.2, 0.25) is 0 Å². The van der Waals surface area contributed by atoms with Gasteiger partial charge in [-0.25, -0.2) is 0 Å². The molecular weight excluding hydrogens is 388 g/mol. The second-order valence-electron chi connectivity index (χ2n) is 4.45. The molecule has 0 amide bonds. The molecule has 0 saturated heterocycles. The highest BCUT2D eigenvalue weighted by molar-refractivity contribution is 9.13. The summed E-state index contributed by atoms with van der Waals surface area (Å²) in [6, 6.07) is 4.58. The topological polar surface area (TPSA) is 24.9 Å². The third-order valence-corrected chi connectivity index (χ3v) is 6.10. The fourth-order valence-electron chi connectivity index (χ4n) is 1.91. The zero-order valence-corrected chi connectivity index (χ0v) is 14.9. The third-order valence-electron chi connectivity index (χ3n) is 2.78. The zero-order chi connectivity index (χ0) is 13.8. The molecule has 2 aromatic heterocycles. The Labute approximate surface area is 134 Å². The van der Waals surface area contributed by atoms with E-state index < -0.39 is 0 Å². The number of pyridine rings is 1. The number of rotatable bonds is 5. The summed E-state index contributed by atoms with van der Waals surface area (Å²) in [5.41, 5.74) is 2.41. The molecule has 0 fully saturated rings. The summed E-state index contributed by atoms with van der Waals surface area (Å²) >= 11 is 8.88. The summed E-state index contributed by atoms with van der Waals surface area (Å²) in [5.74, 6) is 0. The zero-order valence-electron chi connectivity index (χ0n) is 10.9. The van der Waals surface area contributed by atoms with Crippen LogP contribution in [0.1, 0.15) is 35.4 Å². The molecule has 1 unspecified atom stereocenters. The first-order chi connectivity index (χ1) is 9.11. The van der Waals surface area contributed by atoms with Crippen LogP contribution >= 0.6 is 43.2 Å². The number of aromatic nitrogens is 1. The Kier molecular flexibility index (Phi) is 5.57. The van der Waals surface area contributed by atoms with Crippen molar-refractivity contribution in [3.8, 4) is 0 Å². The van der Waals surface area contributed by atoms with Crippen molar-refractivity contribution in [3.05, 3.63) is 48.8 Å². The first-order valence-electron chi connectivity index (χ1n) is 6.21. The van der Waals surface area contributed by atoms with E-state index in [2.05, 4.69) is 68.1 Å². The maximum atomic E-state index is 4.31. The lowest BCUT2D eigenvalue weighted by atomic mass is 10.1. The van der Waals surface area contributed by atoms with Crippen LogP contribution in [-0.2, 0) is 0 Å². The normalized spacial score (nSPS) is 12.6. The first kappa shape index (κ1) is 15.2. The van der Waals surface area contributed by atoms with E-state index in [1.165, 1.54) is 16.0 Å². The maximum Gasteiger partial charge on any atom is 0.0843 e. The van der Waals surface area contributed by atoms with E-state index in [0.717, 1.165) is 21.2 Å². The van der Waals surface area contributed by atoms with Gasteiger partial charge in [-0.2, -0.15) is 0 Å². The fourth-order valence-corrected chi connectivity index (χ4v) is 4.11. The maximum absolute atomic E-state index is 4.31. The number of nitrogens with one attached hydrogen (secondary N) is 1. The predicted molar refractivity (Wildman–Crippen MR) is 88.8 cm³/mol. The van der Waals surface area contributed by atoms with Gasteiger partial charge >= 0.3 is 0 Å². The van der Waals surface area contributed by atoms with Crippen molar-refractivity contribution in [1.29, 1.82) is 0 Å². The molecule has 0 aliphatic heterocycles. The molecule has 0 radical (unpaired) electrons. The summed E-state index contributed by atoms with van der Waals surface area (Å²) in [7, 11) is 0. The largest absolute Gasteiger partial charge is 0.306 e. The molecule has 2 aromatic rings. The van der Waals surface area contributed by atoms with Gasteiger partial charge < -0.3 is 5.32 Å². The van der Waals surface area contributed by atoms with E-state index in [4.69, 9.17) is 0 Å². The SMILES string of the molecule is CCCNC(c1cncc(C)c1)c1cc(Br)c(Br)s1. The van der Waals surface area contributed by atoms with Gasteiger partial charge in [-0.3, -0.25) is 4.98 Å². The lowest BCUT2D eigenvalue weighted by Gasteiger charge is -2.17. The minimum Gasteiger partial charge on any atom is -0.306 e. The minimum absolute atomic E-state index is 0.208. The molecule has 1 atom stereocenters. The van der Waals surface area contributed by atoms with Crippen LogP contribution in [0.5, 0.6) is 0 Å². The van der Waals surface area contributed by atoms with Crippen molar-refractivity contribution in [1.82, 2.24) is 10.3 Å². The Balaban J connectivity index is 2.35. The summed E-state index contributed by atoms with van der Waals surface area (Å²) in [5, 5.41) is 3.60. The van der Waals surface area contributed by atoms with E-state index in [1.807, 2.05) is 12.4 Å². The molecule has 1 N–H and O–H groups in total. The van der Waals surface area contributed by atoms with E-state index in [1.54, 1.807) is 11.3 Å². The summed E-state index contributed by atoms with van der Waals surface area (Å²) in [6.07, 6.45) is 4.95. The van der Waals surface area contributed by atoms with Crippen LogP contribution in [0.3, 0.4) is 0 Å². The lowest BCUT2D eigenvalue weighted by Crippen LogP contribution is -2.22. The number of hydrogen-bond acceptors (Lipinski definition) is 3. The molecule has 0 aromatic carbocycles. The smallest absolute Gasteiger partial charge is 0.0843 e. The fraction of sp³-hybridized carbons (Fsp3) is 0.357. The molecule has 0 bridgehead atoms. The summed E-state index contributed by atoms with van der Waals surface area (Å²) < 4.78 is 2.24. The van der Waals surface area contributed by atoms with Crippen molar-refractivity contribution in [2.75, 3.05) is 6.54 Å². The van der Waals surface area contributed by atoms with Crippen LogP contribution in [0.15, 0.2) is 32.8 Å². The molecule has 102 valence electrons. The van der Waals surface area contributed by atoms with Crippen LogP contribution in [0.25, 0.3) is 0 Å². The van der Waals surface area contributed by atoms with Crippen molar-refractivity contribution in [3.63, 3.8) is 0 Å². The highest BCUT2D eigenvalue weighted by Crippen LogP contribution is 2.37. The molecular formula is C14H16Br2N2S. The van der Waals surface area contributed by atoms with Gasteiger partial charge in [0.15, 0.2) is 0 Å². The van der Waals surface area contributed by atoms with Gasteiger partial charge in [0, 0.05) is 21.7 Å². The van der Waals surface area contributed by atoms with E-state index in [9.17, 15) is 0 Å². The number of halogens is 2. The van der Waals surface area contributed by atoms with Gasteiger partial charge in [-0.15, -0.1) is 11.3 Å². The standard InChI is InChI=1S/C14H16Br2N2S/c1-3-4-18-13(10-5-9(2)7-17-8-10)12-6-11(15)14(16)19-12/h5-8,13,18H,3-4H2,1-2H3. The molecule has 2 nitrogen and oxygen atoms in total. The Morgan fingerprint density at radius 1 is 1.32 bits per heavy atom. The van der Waals surface area contributed by atoms with Crippen molar-refractivity contribution < 1.29 is 0 Å². The molecule has 19 heavy (non-hydrogen) atoms. The average molecular weight is 404 g/mol. The van der Waals surface area contributed by atoms with Crippen LogP contribution in [0.4, 0.5) is 0 Å². The Morgan fingerprint density at radius 2 is 2.11 bits per heavy atom. The van der Waals surface area contributed by atoms with Crippen LogP contribution in [-0.4, -0.2) is 11.5 Å². The molecule has 2 heterocycles. The predicted octanol–water partition coefficient (Wildman–Crippen LogP) is 5.07. The average Bonchev–Trinajstić information content (AvgIpc) is 2.70. The summed E-state index contributed by atoms with van der Waals surface area (Å²) in [6.45, 7) is 5.25. The second kappa shape index (κ2) is 6.97. The highest BCUT2D eigenvalue weighted by atomic mass is 79.9. The lowest BCUT2D eigenvalue weighted by molar-refractivity contribution is 0.604. The highest BCUT2D eigenvalue weighted by Gasteiger charge is 2.17. The molecule has 0 aliphatic carbocycles. The molecule has 5 heteroatoms. The molecule has 0 saturated carbocycles.